The third-order valence-electron chi connectivity index (χ3n) is 3.66. The van der Waals surface area contributed by atoms with Crippen LogP contribution in [0.5, 0.6) is 5.75 Å². The zero-order valence-corrected chi connectivity index (χ0v) is 14.6. The molecular weight excluding hydrogens is 342 g/mol. The summed E-state index contributed by atoms with van der Waals surface area (Å²) in [6.07, 6.45) is 0.736. The van der Waals surface area contributed by atoms with Gasteiger partial charge in [0, 0.05) is 18.1 Å². The molecular formula is C17H19N3O4S. The first kappa shape index (κ1) is 17.3. The van der Waals surface area contributed by atoms with Crippen LogP contribution < -0.4 is 15.4 Å². The molecule has 0 saturated heterocycles. The fourth-order valence-corrected chi connectivity index (χ4v) is 3.20. The number of hydrogen-bond acceptors (Lipinski definition) is 6. The second kappa shape index (κ2) is 8.06. The van der Waals surface area contributed by atoms with E-state index >= 15 is 0 Å². The van der Waals surface area contributed by atoms with Gasteiger partial charge in [0.2, 0.25) is 11.8 Å². The topological polar surface area (TPSA) is 93.5 Å². The monoisotopic (exact) mass is 361 g/mol. The van der Waals surface area contributed by atoms with Crippen LogP contribution in [0, 0.1) is 6.92 Å². The molecule has 1 aliphatic rings. The molecule has 25 heavy (non-hydrogen) atoms. The van der Waals surface area contributed by atoms with Gasteiger partial charge in [-0.2, -0.15) is 0 Å². The lowest BCUT2D eigenvalue weighted by Gasteiger charge is -2.26. The van der Waals surface area contributed by atoms with Gasteiger partial charge in [-0.15, -0.1) is 11.8 Å². The first-order chi connectivity index (χ1) is 12.1. The molecule has 3 rings (SSSR count). The molecule has 8 heteroatoms. The molecule has 1 atom stereocenters. The van der Waals surface area contributed by atoms with Gasteiger partial charge >= 0.3 is 0 Å². The summed E-state index contributed by atoms with van der Waals surface area (Å²) in [7, 11) is 0. The Morgan fingerprint density at radius 3 is 2.88 bits per heavy atom. The molecule has 2 heterocycles. The molecule has 7 nitrogen and oxygen atoms in total. The molecule has 0 radical (unpaired) electrons. The van der Waals surface area contributed by atoms with E-state index in [0.717, 1.165) is 17.7 Å². The third kappa shape index (κ3) is 4.76. The van der Waals surface area contributed by atoms with Gasteiger partial charge in [0.25, 0.3) is 0 Å². The van der Waals surface area contributed by atoms with E-state index in [0.29, 0.717) is 18.2 Å². The number of thioether (sulfide) groups is 1. The maximum Gasteiger partial charge on any atom is 0.235 e. The van der Waals surface area contributed by atoms with Crippen LogP contribution in [0.4, 0.5) is 5.82 Å². The van der Waals surface area contributed by atoms with Crippen molar-refractivity contribution in [2.24, 2.45) is 0 Å². The Morgan fingerprint density at radius 2 is 2.08 bits per heavy atom. The van der Waals surface area contributed by atoms with E-state index in [4.69, 9.17) is 9.26 Å². The van der Waals surface area contributed by atoms with E-state index in [9.17, 15) is 9.59 Å². The molecule has 1 aliphatic heterocycles. The van der Waals surface area contributed by atoms with Gasteiger partial charge < -0.3 is 19.9 Å². The van der Waals surface area contributed by atoms with E-state index in [-0.39, 0.29) is 29.4 Å². The predicted molar refractivity (Wildman–Crippen MR) is 94.6 cm³/mol. The van der Waals surface area contributed by atoms with Gasteiger partial charge in [0.1, 0.15) is 11.5 Å². The van der Waals surface area contributed by atoms with Crippen molar-refractivity contribution in [2.75, 3.05) is 23.4 Å². The lowest BCUT2D eigenvalue weighted by Crippen LogP contribution is -2.33. The van der Waals surface area contributed by atoms with E-state index in [1.54, 1.807) is 13.0 Å². The summed E-state index contributed by atoms with van der Waals surface area (Å²) in [5, 5.41) is 9.31. The number of rotatable bonds is 6. The quantitative estimate of drug-likeness (QED) is 0.820. The standard InChI is InChI=1S/C17H19N3O4S/c1-11-8-15(20-24-11)19-17(22)10-25-9-16(21)18-13-6-7-23-14-5-3-2-4-12(13)14/h2-5,8,13H,6-7,9-10H2,1H3,(H,18,21)(H,19,20,22). The first-order valence-electron chi connectivity index (χ1n) is 7.94. The minimum atomic E-state index is -0.220. The fraction of sp³-hybridized carbons (Fsp3) is 0.353. The number of nitrogens with zero attached hydrogens (tertiary/aromatic N) is 1. The highest BCUT2D eigenvalue weighted by atomic mass is 32.2. The smallest absolute Gasteiger partial charge is 0.235 e. The molecule has 1 aromatic heterocycles. The van der Waals surface area contributed by atoms with Crippen LogP contribution in [-0.4, -0.2) is 35.1 Å². The number of ether oxygens (including phenoxy) is 1. The van der Waals surface area contributed by atoms with Crippen molar-refractivity contribution >= 4 is 29.4 Å². The summed E-state index contributed by atoms with van der Waals surface area (Å²) in [6.45, 7) is 2.32. The molecule has 2 amide bonds. The normalized spacial score (nSPS) is 15.8. The Kier molecular flexibility index (Phi) is 5.60. The van der Waals surface area contributed by atoms with Crippen molar-refractivity contribution in [1.29, 1.82) is 0 Å². The van der Waals surface area contributed by atoms with Crippen molar-refractivity contribution in [2.45, 2.75) is 19.4 Å². The number of carbonyl (C=O) groups is 2. The highest BCUT2D eigenvalue weighted by Gasteiger charge is 2.22. The fourth-order valence-electron chi connectivity index (χ4n) is 2.57. The number of para-hydroxylation sites is 1. The zero-order valence-electron chi connectivity index (χ0n) is 13.8. The molecule has 0 bridgehead atoms. The summed E-state index contributed by atoms with van der Waals surface area (Å²) >= 11 is 1.25. The maximum atomic E-state index is 12.1. The number of anilines is 1. The van der Waals surface area contributed by atoms with Crippen LogP contribution in [0.3, 0.4) is 0 Å². The zero-order chi connectivity index (χ0) is 17.6. The Bertz CT molecular complexity index is 762. The van der Waals surface area contributed by atoms with Crippen molar-refractivity contribution < 1.29 is 18.8 Å². The summed E-state index contributed by atoms with van der Waals surface area (Å²) in [5.74, 6) is 1.88. The van der Waals surface area contributed by atoms with Gasteiger partial charge in [0.05, 0.1) is 24.2 Å². The number of hydrogen-bond donors (Lipinski definition) is 2. The Hall–Kier alpha value is -2.48. The summed E-state index contributed by atoms with van der Waals surface area (Å²) in [5.41, 5.74) is 0.992. The minimum Gasteiger partial charge on any atom is -0.493 e. The van der Waals surface area contributed by atoms with Crippen LogP contribution in [0.2, 0.25) is 0 Å². The average Bonchev–Trinajstić information content (AvgIpc) is 3.00. The average molecular weight is 361 g/mol. The maximum absolute atomic E-state index is 12.1. The van der Waals surface area contributed by atoms with Crippen LogP contribution >= 0.6 is 11.8 Å². The number of nitrogens with one attached hydrogen (secondary N) is 2. The number of carbonyl (C=O) groups excluding carboxylic acids is 2. The Labute approximate surface area is 149 Å². The lowest BCUT2D eigenvalue weighted by atomic mass is 10.0. The highest BCUT2D eigenvalue weighted by molar-refractivity contribution is 8.00. The van der Waals surface area contributed by atoms with Gasteiger partial charge in [-0.3, -0.25) is 9.59 Å². The number of benzene rings is 1. The van der Waals surface area contributed by atoms with Crippen molar-refractivity contribution in [1.82, 2.24) is 10.5 Å². The van der Waals surface area contributed by atoms with E-state index < -0.39 is 0 Å². The van der Waals surface area contributed by atoms with E-state index in [2.05, 4.69) is 15.8 Å². The number of aryl methyl sites for hydroxylation is 1. The van der Waals surface area contributed by atoms with Gasteiger partial charge in [0.15, 0.2) is 5.82 Å². The minimum absolute atomic E-state index is 0.0509. The third-order valence-corrected chi connectivity index (χ3v) is 4.59. The highest BCUT2D eigenvalue weighted by Crippen LogP contribution is 2.31. The number of aromatic nitrogens is 1. The second-order valence-corrected chi connectivity index (χ2v) is 6.64. The predicted octanol–water partition coefficient (Wildman–Crippen LogP) is 2.29. The second-order valence-electron chi connectivity index (χ2n) is 5.66. The van der Waals surface area contributed by atoms with Gasteiger partial charge in [-0.05, 0) is 13.0 Å². The lowest BCUT2D eigenvalue weighted by molar-refractivity contribution is -0.119. The van der Waals surface area contributed by atoms with Crippen molar-refractivity contribution in [3.63, 3.8) is 0 Å². The Morgan fingerprint density at radius 1 is 1.28 bits per heavy atom. The number of fused-ring (bicyclic) bond motifs is 1. The molecule has 132 valence electrons. The van der Waals surface area contributed by atoms with Crippen LogP contribution in [0.1, 0.15) is 23.8 Å². The van der Waals surface area contributed by atoms with Gasteiger partial charge in [-0.1, -0.05) is 23.4 Å². The molecule has 0 spiro atoms. The van der Waals surface area contributed by atoms with E-state index in [1.807, 2.05) is 24.3 Å². The van der Waals surface area contributed by atoms with Gasteiger partial charge in [-0.25, -0.2) is 0 Å². The number of amides is 2. The molecule has 0 fully saturated rings. The summed E-state index contributed by atoms with van der Waals surface area (Å²) in [6, 6.07) is 9.28. The molecule has 0 aliphatic carbocycles. The molecule has 2 aromatic rings. The van der Waals surface area contributed by atoms with E-state index in [1.165, 1.54) is 11.8 Å². The largest absolute Gasteiger partial charge is 0.493 e. The first-order valence-corrected chi connectivity index (χ1v) is 9.09. The molecule has 1 aromatic carbocycles. The van der Waals surface area contributed by atoms with Crippen LogP contribution in [-0.2, 0) is 9.59 Å². The van der Waals surface area contributed by atoms with Crippen molar-refractivity contribution in [3.8, 4) is 5.75 Å². The molecule has 1 unspecified atom stereocenters. The SMILES string of the molecule is Cc1cc(NC(=O)CSCC(=O)NC2CCOc3ccccc32)no1. The summed E-state index contributed by atoms with van der Waals surface area (Å²) in [4.78, 5) is 23.9. The molecule has 2 N–H and O–H groups in total. The Balaban J connectivity index is 1.42. The molecule has 0 saturated carbocycles. The summed E-state index contributed by atoms with van der Waals surface area (Å²) < 4.78 is 10.5. The van der Waals surface area contributed by atoms with Crippen LogP contribution in [0.25, 0.3) is 0 Å². The van der Waals surface area contributed by atoms with Crippen LogP contribution in [0.15, 0.2) is 34.9 Å². The van der Waals surface area contributed by atoms with Crippen molar-refractivity contribution in [3.05, 3.63) is 41.7 Å².